The van der Waals surface area contributed by atoms with Crippen molar-refractivity contribution < 1.29 is 19.4 Å². The molecule has 0 radical (unpaired) electrons. The van der Waals surface area contributed by atoms with Gasteiger partial charge in [-0.3, -0.25) is 0 Å². The number of H-pyrrole nitrogens is 1. The molecule has 0 saturated carbocycles. The summed E-state index contributed by atoms with van der Waals surface area (Å²) in [5, 5.41) is 11.2. The Bertz CT molecular complexity index is 388. The van der Waals surface area contributed by atoms with Crippen LogP contribution >= 0.6 is 0 Å². The summed E-state index contributed by atoms with van der Waals surface area (Å²) in [5.74, 6) is -1.14. The van der Waals surface area contributed by atoms with Crippen LogP contribution in [0.25, 0.3) is 0 Å². The van der Waals surface area contributed by atoms with Crippen LogP contribution in [-0.4, -0.2) is 39.8 Å². The molecule has 0 aliphatic heterocycles. The van der Waals surface area contributed by atoms with E-state index < -0.39 is 18.1 Å². The van der Waals surface area contributed by atoms with Gasteiger partial charge in [0.2, 0.25) is 0 Å². The summed E-state index contributed by atoms with van der Waals surface area (Å²) in [7, 11) is 0. The van der Waals surface area contributed by atoms with Crippen LogP contribution in [0.4, 0.5) is 4.79 Å². The Morgan fingerprint density at radius 2 is 2.47 bits per heavy atom. The SMILES string of the molecule is C=CCOC(=O)NC(Cc1cnc[nH]1)C(=O)O. The average molecular weight is 239 g/mol. The zero-order valence-corrected chi connectivity index (χ0v) is 9.05. The van der Waals surface area contributed by atoms with Gasteiger partial charge in [-0.1, -0.05) is 12.7 Å². The normalized spacial score (nSPS) is 11.5. The summed E-state index contributed by atoms with van der Waals surface area (Å²) in [6.07, 6.45) is 3.64. The minimum absolute atomic E-state index is 0.0300. The molecule has 1 aromatic rings. The second-order valence-electron chi connectivity index (χ2n) is 3.20. The molecule has 7 heteroatoms. The lowest BCUT2D eigenvalue weighted by Crippen LogP contribution is -2.42. The number of carbonyl (C=O) groups is 2. The number of carboxylic acids is 1. The molecule has 7 nitrogen and oxygen atoms in total. The number of aliphatic carboxylic acids is 1. The summed E-state index contributed by atoms with van der Waals surface area (Å²) in [5.41, 5.74) is 0.612. The molecule has 1 heterocycles. The van der Waals surface area contributed by atoms with Gasteiger partial charge >= 0.3 is 12.1 Å². The first-order valence-corrected chi connectivity index (χ1v) is 4.87. The second kappa shape index (κ2) is 6.31. The maximum Gasteiger partial charge on any atom is 0.408 e. The molecule has 1 unspecified atom stereocenters. The topological polar surface area (TPSA) is 104 Å². The summed E-state index contributed by atoms with van der Waals surface area (Å²) in [6, 6.07) is -1.06. The Morgan fingerprint density at radius 3 is 3.00 bits per heavy atom. The van der Waals surface area contributed by atoms with Gasteiger partial charge < -0.3 is 20.1 Å². The third kappa shape index (κ3) is 4.37. The van der Waals surface area contributed by atoms with Crippen molar-refractivity contribution in [1.82, 2.24) is 15.3 Å². The first-order chi connectivity index (χ1) is 8.13. The minimum atomic E-state index is -1.14. The van der Waals surface area contributed by atoms with Crippen LogP contribution in [0.15, 0.2) is 25.2 Å². The van der Waals surface area contributed by atoms with Crippen molar-refractivity contribution in [2.24, 2.45) is 0 Å². The fourth-order valence-corrected chi connectivity index (χ4v) is 1.13. The van der Waals surface area contributed by atoms with Crippen molar-refractivity contribution in [2.75, 3.05) is 6.61 Å². The highest BCUT2D eigenvalue weighted by Crippen LogP contribution is 1.99. The van der Waals surface area contributed by atoms with E-state index >= 15 is 0 Å². The number of hydrogen-bond acceptors (Lipinski definition) is 4. The first kappa shape index (κ1) is 12.8. The first-order valence-electron chi connectivity index (χ1n) is 4.87. The molecule has 1 rings (SSSR count). The van der Waals surface area contributed by atoms with Crippen molar-refractivity contribution >= 4 is 12.1 Å². The molecule has 1 aromatic heterocycles. The molecule has 17 heavy (non-hydrogen) atoms. The van der Waals surface area contributed by atoms with Gasteiger partial charge in [0.05, 0.1) is 6.33 Å². The van der Waals surface area contributed by atoms with Gasteiger partial charge in [-0.25, -0.2) is 14.6 Å². The van der Waals surface area contributed by atoms with Gasteiger partial charge in [0, 0.05) is 18.3 Å². The van der Waals surface area contributed by atoms with Gasteiger partial charge in [0.15, 0.2) is 0 Å². The lowest BCUT2D eigenvalue weighted by molar-refractivity contribution is -0.139. The Morgan fingerprint density at radius 1 is 1.71 bits per heavy atom. The minimum Gasteiger partial charge on any atom is -0.480 e. The van der Waals surface area contributed by atoms with Crippen LogP contribution in [0.5, 0.6) is 0 Å². The van der Waals surface area contributed by atoms with E-state index in [1.54, 1.807) is 0 Å². The highest BCUT2D eigenvalue weighted by atomic mass is 16.5. The number of carbonyl (C=O) groups excluding carboxylic acids is 1. The van der Waals surface area contributed by atoms with Gasteiger partial charge in [-0.05, 0) is 0 Å². The van der Waals surface area contributed by atoms with E-state index in [0.717, 1.165) is 0 Å². The number of aromatic nitrogens is 2. The van der Waals surface area contributed by atoms with Crippen LogP contribution in [0, 0.1) is 0 Å². The maximum absolute atomic E-state index is 11.2. The third-order valence-electron chi connectivity index (χ3n) is 1.90. The molecule has 1 atom stereocenters. The summed E-state index contributed by atoms with van der Waals surface area (Å²) in [4.78, 5) is 28.6. The number of alkyl carbamates (subject to hydrolysis) is 1. The standard InChI is InChI=1S/C10H13N3O4/c1-2-3-17-10(16)13-8(9(14)15)4-7-5-11-6-12-7/h2,5-6,8H,1,3-4H2,(H,11,12)(H,13,16)(H,14,15). The van der Waals surface area contributed by atoms with Crippen LogP contribution in [-0.2, 0) is 16.0 Å². The number of amides is 1. The van der Waals surface area contributed by atoms with Gasteiger partial charge in [0.1, 0.15) is 12.6 Å². The molecule has 0 saturated heterocycles. The molecule has 3 N–H and O–H groups in total. The Hall–Kier alpha value is -2.31. The molecule has 0 spiro atoms. The number of hydrogen-bond donors (Lipinski definition) is 3. The Balaban J connectivity index is 2.51. The van der Waals surface area contributed by atoms with Crippen LogP contribution in [0.3, 0.4) is 0 Å². The number of ether oxygens (including phenoxy) is 1. The van der Waals surface area contributed by atoms with Crippen LogP contribution in [0.1, 0.15) is 5.69 Å². The second-order valence-corrected chi connectivity index (χ2v) is 3.20. The molecule has 92 valence electrons. The summed E-state index contributed by atoms with van der Waals surface area (Å²) >= 11 is 0. The van der Waals surface area contributed by atoms with Gasteiger partial charge in [0.25, 0.3) is 0 Å². The summed E-state index contributed by atoms with van der Waals surface area (Å²) < 4.78 is 4.63. The zero-order valence-electron chi connectivity index (χ0n) is 9.05. The number of rotatable bonds is 6. The molecule has 0 aromatic carbocycles. The predicted octanol–water partition coefficient (Wildman–Crippen LogP) is 0.318. The molecule has 0 bridgehead atoms. The lowest BCUT2D eigenvalue weighted by atomic mass is 10.2. The zero-order chi connectivity index (χ0) is 12.7. The van der Waals surface area contributed by atoms with Crippen molar-refractivity contribution in [2.45, 2.75) is 12.5 Å². The van der Waals surface area contributed by atoms with E-state index in [4.69, 9.17) is 5.11 Å². The summed E-state index contributed by atoms with van der Waals surface area (Å²) in [6.45, 7) is 3.40. The van der Waals surface area contributed by atoms with Crippen molar-refractivity contribution in [3.8, 4) is 0 Å². The Kier molecular flexibility index (Phi) is 4.74. The molecular weight excluding hydrogens is 226 g/mol. The van der Waals surface area contributed by atoms with E-state index in [0.29, 0.717) is 5.69 Å². The number of nitrogens with one attached hydrogen (secondary N) is 2. The number of nitrogens with zero attached hydrogens (tertiary/aromatic N) is 1. The van der Waals surface area contributed by atoms with E-state index in [1.807, 2.05) is 0 Å². The van der Waals surface area contributed by atoms with Crippen molar-refractivity contribution in [3.63, 3.8) is 0 Å². The fourth-order valence-electron chi connectivity index (χ4n) is 1.13. The largest absolute Gasteiger partial charge is 0.480 e. The smallest absolute Gasteiger partial charge is 0.408 e. The highest BCUT2D eigenvalue weighted by molar-refractivity contribution is 5.80. The maximum atomic E-state index is 11.2. The predicted molar refractivity (Wildman–Crippen MR) is 58.4 cm³/mol. The molecule has 0 aliphatic carbocycles. The number of imidazole rings is 1. The Labute approximate surface area is 97.5 Å². The van der Waals surface area contributed by atoms with E-state index in [1.165, 1.54) is 18.6 Å². The monoisotopic (exact) mass is 239 g/mol. The van der Waals surface area contributed by atoms with Crippen LogP contribution < -0.4 is 5.32 Å². The van der Waals surface area contributed by atoms with Crippen LogP contribution in [0.2, 0.25) is 0 Å². The van der Waals surface area contributed by atoms with Crippen molar-refractivity contribution in [1.29, 1.82) is 0 Å². The fraction of sp³-hybridized carbons (Fsp3) is 0.300. The van der Waals surface area contributed by atoms with Crippen molar-refractivity contribution in [3.05, 3.63) is 30.9 Å². The number of carboxylic acid groups (broad SMARTS) is 1. The van der Waals surface area contributed by atoms with Gasteiger partial charge in [-0.15, -0.1) is 0 Å². The highest BCUT2D eigenvalue weighted by Gasteiger charge is 2.21. The molecule has 0 fully saturated rings. The third-order valence-corrected chi connectivity index (χ3v) is 1.90. The molecule has 1 amide bonds. The van der Waals surface area contributed by atoms with Gasteiger partial charge in [-0.2, -0.15) is 0 Å². The molecular formula is C10H13N3O4. The number of aromatic amines is 1. The van der Waals surface area contributed by atoms with E-state index in [2.05, 4.69) is 26.6 Å². The quantitative estimate of drug-likeness (QED) is 0.620. The van der Waals surface area contributed by atoms with E-state index in [-0.39, 0.29) is 13.0 Å². The molecule has 0 aliphatic rings. The average Bonchev–Trinajstić information content (AvgIpc) is 2.78. The lowest BCUT2D eigenvalue weighted by Gasteiger charge is -2.12. The van der Waals surface area contributed by atoms with E-state index in [9.17, 15) is 9.59 Å².